The average molecular weight is 290 g/mol. The van der Waals surface area contributed by atoms with E-state index in [1.807, 2.05) is 0 Å². The van der Waals surface area contributed by atoms with Gasteiger partial charge in [0.05, 0.1) is 0 Å². The summed E-state index contributed by atoms with van der Waals surface area (Å²) in [4.78, 5) is 0. The van der Waals surface area contributed by atoms with Gasteiger partial charge in [-0.15, -0.1) is 10.2 Å². The van der Waals surface area contributed by atoms with Crippen molar-refractivity contribution in [1.29, 1.82) is 0 Å². The van der Waals surface area contributed by atoms with E-state index in [4.69, 9.17) is 0 Å². The zero-order valence-corrected chi connectivity index (χ0v) is 11.3. The second-order valence-electron chi connectivity index (χ2n) is 4.13. The van der Waals surface area contributed by atoms with Crippen LogP contribution in [0.15, 0.2) is 3.92 Å². The van der Waals surface area contributed by atoms with E-state index < -0.39 is 0 Å². The lowest BCUT2D eigenvalue weighted by Gasteiger charge is -2.28. The first-order chi connectivity index (χ1) is 7.28. The molecule has 2 rings (SSSR count). The highest BCUT2D eigenvalue weighted by Gasteiger charge is 2.20. The fourth-order valence-electron chi connectivity index (χ4n) is 2.15. The molecule has 1 aromatic rings. The minimum absolute atomic E-state index is 0.604. The summed E-state index contributed by atoms with van der Waals surface area (Å²) in [6.45, 7) is 2.29. The van der Waals surface area contributed by atoms with Crippen molar-refractivity contribution in [1.82, 2.24) is 10.2 Å². The van der Waals surface area contributed by atoms with Crippen LogP contribution in [0.25, 0.3) is 0 Å². The van der Waals surface area contributed by atoms with Crippen LogP contribution in [0.2, 0.25) is 0 Å². The summed E-state index contributed by atoms with van der Waals surface area (Å²) in [6, 6.07) is 0.604. The van der Waals surface area contributed by atoms with E-state index in [0.717, 1.165) is 15.0 Å². The predicted molar refractivity (Wildman–Crippen MR) is 67.3 cm³/mol. The van der Waals surface area contributed by atoms with Crippen LogP contribution in [-0.2, 0) is 0 Å². The molecule has 0 atom stereocenters. The Morgan fingerprint density at radius 1 is 1.33 bits per heavy atom. The zero-order valence-electron chi connectivity index (χ0n) is 8.87. The molecule has 1 saturated carbocycles. The normalized spacial score (nSPS) is 26.5. The van der Waals surface area contributed by atoms with Crippen LogP contribution in [0, 0.1) is 5.92 Å². The summed E-state index contributed by atoms with van der Waals surface area (Å²) in [5.41, 5.74) is 0. The van der Waals surface area contributed by atoms with E-state index in [0.29, 0.717) is 6.04 Å². The van der Waals surface area contributed by atoms with Crippen LogP contribution in [0.5, 0.6) is 0 Å². The first kappa shape index (κ1) is 11.3. The zero-order chi connectivity index (χ0) is 10.7. The van der Waals surface area contributed by atoms with E-state index in [2.05, 4.69) is 38.4 Å². The van der Waals surface area contributed by atoms with Gasteiger partial charge in [-0.2, -0.15) is 0 Å². The number of nitrogens with zero attached hydrogens (tertiary/aromatic N) is 2. The molecule has 15 heavy (non-hydrogen) atoms. The maximum Gasteiger partial charge on any atom is 0.206 e. The Hall–Kier alpha value is -0.160. The van der Waals surface area contributed by atoms with Crippen molar-refractivity contribution in [3.8, 4) is 0 Å². The molecule has 0 bridgehead atoms. The van der Waals surface area contributed by atoms with Crippen molar-refractivity contribution >= 4 is 32.4 Å². The van der Waals surface area contributed by atoms with E-state index in [-0.39, 0.29) is 0 Å². The SMILES string of the molecule is CCC1CCC(Nc2nnc(Br)s2)CC1. The summed E-state index contributed by atoms with van der Waals surface area (Å²) >= 11 is 4.89. The third-order valence-corrected chi connectivity index (χ3v) is 4.44. The Morgan fingerprint density at radius 3 is 2.60 bits per heavy atom. The Morgan fingerprint density at radius 2 is 2.07 bits per heavy atom. The lowest BCUT2D eigenvalue weighted by Crippen LogP contribution is -2.25. The molecule has 0 aromatic carbocycles. The van der Waals surface area contributed by atoms with Crippen LogP contribution in [0.4, 0.5) is 5.13 Å². The minimum Gasteiger partial charge on any atom is -0.357 e. The van der Waals surface area contributed by atoms with E-state index >= 15 is 0 Å². The largest absolute Gasteiger partial charge is 0.357 e. The fraction of sp³-hybridized carbons (Fsp3) is 0.800. The number of halogens is 1. The Balaban J connectivity index is 1.82. The van der Waals surface area contributed by atoms with Gasteiger partial charge in [-0.05, 0) is 47.5 Å². The van der Waals surface area contributed by atoms with Gasteiger partial charge in [-0.3, -0.25) is 0 Å². The van der Waals surface area contributed by atoms with Gasteiger partial charge in [0, 0.05) is 6.04 Å². The number of nitrogens with one attached hydrogen (secondary N) is 1. The molecule has 0 saturated heterocycles. The molecule has 0 amide bonds. The number of hydrogen-bond acceptors (Lipinski definition) is 4. The minimum atomic E-state index is 0.604. The van der Waals surface area contributed by atoms with Crippen molar-refractivity contribution in [3.05, 3.63) is 3.92 Å². The molecule has 0 radical (unpaired) electrons. The second-order valence-corrected chi connectivity index (χ2v) is 6.38. The molecule has 1 fully saturated rings. The molecule has 0 spiro atoms. The molecule has 1 aliphatic carbocycles. The lowest BCUT2D eigenvalue weighted by molar-refractivity contribution is 0.330. The molecule has 0 aliphatic heterocycles. The third kappa shape index (κ3) is 3.14. The second kappa shape index (κ2) is 5.25. The number of hydrogen-bond donors (Lipinski definition) is 1. The van der Waals surface area contributed by atoms with E-state index in [1.165, 1.54) is 32.1 Å². The summed E-state index contributed by atoms with van der Waals surface area (Å²) < 4.78 is 0.854. The van der Waals surface area contributed by atoms with Crippen molar-refractivity contribution in [3.63, 3.8) is 0 Å². The molecule has 3 nitrogen and oxygen atoms in total. The molecule has 5 heteroatoms. The summed E-state index contributed by atoms with van der Waals surface area (Å²) in [6.07, 6.45) is 6.59. The van der Waals surface area contributed by atoms with Crippen LogP contribution in [0.1, 0.15) is 39.0 Å². The Bertz CT molecular complexity index is 307. The van der Waals surface area contributed by atoms with Crippen molar-refractivity contribution in [2.75, 3.05) is 5.32 Å². The van der Waals surface area contributed by atoms with Crippen LogP contribution >= 0.6 is 27.3 Å². The maximum absolute atomic E-state index is 4.06. The van der Waals surface area contributed by atoms with Crippen LogP contribution < -0.4 is 5.32 Å². The van der Waals surface area contributed by atoms with Gasteiger partial charge in [0.2, 0.25) is 5.13 Å². The molecule has 1 aromatic heterocycles. The van der Waals surface area contributed by atoms with Gasteiger partial charge >= 0.3 is 0 Å². The average Bonchev–Trinajstić information content (AvgIpc) is 2.65. The van der Waals surface area contributed by atoms with Crippen LogP contribution in [-0.4, -0.2) is 16.2 Å². The van der Waals surface area contributed by atoms with Crippen molar-refractivity contribution in [2.45, 2.75) is 45.1 Å². The Labute approximate surface area is 103 Å². The van der Waals surface area contributed by atoms with Gasteiger partial charge in [-0.1, -0.05) is 24.7 Å². The molecule has 1 N–H and O–H groups in total. The van der Waals surface area contributed by atoms with Gasteiger partial charge in [0.25, 0.3) is 0 Å². The smallest absolute Gasteiger partial charge is 0.206 e. The topological polar surface area (TPSA) is 37.8 Å². The quantitative estimate of drug-likeness (QED) is 0.922. The molecule has 1 heterocycles. The van der Waals surface area contributed by atoms with Gasteiger partial charge in [-0.25, -0.2) is 0 Å². The summed E-state index contributed by atoms with van der Waals surface area (Å²) in [5.74, 6) is 0.948. The third-order valence-electron chi connectivity index (χ3n) is 3.15. The van der Waals surface area contributed by atoms with E-state index in [1.54, 1.807) is 11.3 Å². The highest BCUT2D eigenvalue weighted by atomic mass is 79.9. The summed E-state index contributed by atoms with van der Waals surface area (Å²) in [7, 11) is 0. The number of aromatic nitrogens is 2. The molecular weight excluding hydrogens is 274 g/mol. The molecule has 0 unspecified atom stereocenters. The van der Waals surface area contributed by atoms with E-state index in [9.17, 15) is 0 Å². The maximum atomic E-state index is 4.06. The standard InChI is InChI=1S/C10H16BrN3S/c1-2-7-3-5-8(6-4-7)12-10-14-13-9(11)15-10/h7-8H,2-6H2,1H3,(H,12,14). The highest BCUT2D eigenvalue weighted by molar-refractivity contribution is 9.11. The fourth-order valence-corrected chi connectivity index (χ4v) is 3.24. The first-order valence-corrected chi connectivity index (χ1v) is 7.14. The highest BCUT2D eigenvalue weighted by Crippen LogP contribution is 2.29. The molecular formula is C10H16BrN3S. The Kier molecular flexibility index (Phi) is 3.97. The van der Waals surface area contributed by atoms with Crippen LogP contribution in [0.3, 0.4) is 0 Å². The molecule has 1 aliphatic rings. The van der Waals surface area contributed by atoms with Gasteiger partial charge in [0.15, 0.2) is 3.92 Å². The predicted octanol–water partition coefficient (Wildman–Crippen LogP) is 3.68. The number of anilines is 1. The monoisotopic (exact) mass is 289 g/mol. The molecule has 84 valence electrons. The van der Waals surface area contributed by atoms with Gasteiger partial charge in [0.1, 0.15) is 0 Å². The van der Waals surface area contributed by atoms with Crippen molar-refractivity contribution < 1.29 is 0 Å². The number of rotatable bonds is 3. The lowest BCUT2D eigenvalue weighted by atomic mass is 9.85. The van der Waals surface area contributed by atoms with Crippen molar-refractivity contribution in [2.24, 2.45) is 5.92 Å². The first-order valence-electron chi connectivity index (χ1n) is 5.53. The van der Waals surface area contributed by atoms with Gasteiger partial charge < -0.3 is 5.32 Å². The summed E-state index contributed by atoms with van der Waals surface area (Å²) in [5, 5.41) is 12.4.